The maximum absolute atomic E-state index is 13.3. The fraction of sp³-hybridized carbons (Fsp3) is 0.533. The first kappa shape index (κ1) is 14.0. The summed E-state index contributed by atoms with van der Waals surface area (Å²) in [6.07, 6.45) is 4.26. The average molecular weight is 262 g/mol. The molecule has 0 unspecified atom stereocenters. The zero-order chi connectivity index (χ0) is 13.7. The smallest absolute Gasteiger partial charge is 0.123 e. The molecule has 102 valence electrons. The molecule has 4 heteroatoms. The van der Waals surface area contributed by atoms with Crippen LogP contribution in [0, 0.1) is 17.1 Å². The second kappa shape index (κ2) is 6.65. The number of hydrogen-bond acceptors (Lipinski definition) is 3. The molecule has 1 aliphatic carbocycles. The van der Waals surface area contributed by atoms with Gasteiger partial charge in [0.2, 0.25) is 0 Å². The summed E-state index contributed by atoms with van der Waals surface area (Å²) in [5, 5.41) is 18.0. The number of rotatable bonds is 6. The molecule has 1 aliphatic rings. The molecule has 0 aliphatic heterocycles. The Labute approximate surface area is 113 Å². The molecule has 1 fully saturated rings. The second-order valence-corrected chi connectivity index (χ2v) is 5.05. The second-order valence-electron chi connectivity index (χ2n) is 5.05. The lowest BCUT2D eigenvalue weighted by molar-refractivity contribution is 0.109. The Kier molecular flexibility index (Phi) is 4.89. The molecule has 3 nitrogen and oxygen atoms in total. The van der Waals surface area contributed by atoms with Crippen LogP contribution in [-0.4, -0.2) is 29.2 Å². The van der Waals surface area contributed by atoms with Gasteiger partial charge in [-0.25, -0.2) is 4.39 Å². The molecule has 0 saturated heterocycles. The topological polar surface area (TPSA) is 47.3 Å². The Balaban J connectivity index is 2.11. The largest absolute Gasteiger partial charge is 0.396 e. The summed E-state index contributed by atoms with van der Waals surface area (Å²) >= 11 is 0. The predicted octanol–water partition coefficient (Wildman–Crippen LogP) is 2.43. The van der Waals surface area contributed by atoms with Crippen LogP contribution in [0.3, 0.4) is 0 Å². The molecule has 0 aromatic heterocycles. The van der Waals surface area contributed by atoms with E-state index < -0.39 is 0 Å². The molecule has 1 aromatic carbocycles. The number of nitrogens with zero attached hydrogens (tertiary/aromatic N) is 2. The van der Waals surface area contributed by atoms with E-state index in [-0.39, 0.29) is 12.4 Å². The Morgan fingerprint density at radius 2 is 2.21 bits per heavy atom. The van der Waals surface area contributed by atoms with Gasteiger partial charge in [0.15, 0.2) is 0 Å². The van der Waals surface area contributed by atoms with Gasteiger partial charge < -0.3 is 5.11 Å². The lowest BCUT2D eigenvalue weighted by Crippen LogP contribution is -2.40. The molecule has 2 rings (SSSR count). The molecule has 19 heavy (non-hydrogen) atoms. The third kappa shape index (κ3) is 3.52. The van der Waals surface area contributed by atoms with Gasteiger partial charge in [-0.05, 0) is 43.0 Å². The number of nitriles is 1. The monoisotopic (exact) mass is 262 g/mol. The molecule has 1 aromatic rings. The first-order chi connectivity index (χ1) is 9.24. The van der Waals surface area contributed by atoms with Crippen molar-refractivity contribution in [1.29, 1.82) is 5.26 Å². The van der Waals surface area contributed by atoms with E-state index in [4.69, 9.17) is 10.4 Å². The minimum Gasteiger partial charge on any atom is -0.396 e. The third-order valence-electron chi connectivity index (χ3n) is 3.76. The summed E-state index contributed by atoms with van der Waals surface area (Å²) in [5.41, 5.74) is 1.28. The van der Waals surface area contributed by atoms with Crippen LogP contribution < -0.4 is 0 Å². The van der Waals surface area contributed by atoms with E-state index in [0.29, 0.717) is 24.6 Å². The number of aliphatic hydroxyl groups is 1. The first-order valence-corrected chi connectivity index (χ1v) is 6.78. The molecule has 1 N–H and O–H groups in total. The molecule has 0 radical (unpaired) electrons. The molecule has 1 saturated carbocycles. The Hall–Kier alpha value is -1.44. The van der Waals surface area contributed by atoms with Crippen LogP contribution in [0.1, 0.15) is 36.8 Å². The van der Waals surface area contributed by atoms with E-state index in [1.807, 2.05) is 0 Å². The number of aliphatic hydroxyl groups excluding tert-OH is 1. The van der Waals surface area contributed by atoms with E-state index in [1.54, 1.807) is 0 Å². The van der Waals surface area contributed by atoms with Gasteiger partial charge in [-0.15, -0.1) is 0 Å². The Morgan fingerprint density at radius 3 is 2.79 bits per heavy atom. The molecule has 0 amide bonds. The van der Waals surface area contributed by atoms with Crippen LogP contribution in [0.5, 0.6) is 0 Å². The van der Waals surface area contributed by atoms with Crippen molar-refractivity contribution in [3.8, 4) is 6.07 Å². The SMILES string of the molecule is N#Cc1ccc(F)cc1CN(CCCO)C1CCC1. The normalized spacial score (nSPS) is 15.3. The Morgan fingerprint density at radius 1 is 1.42 bits per heavy atom. The highest BCUT2D eigenvalue weighted by atomic mass is 19.1. The summed E-state index contributed by atoms with van der Waals surface area (Å²) in [7, 11) is 0. The molecule has 0 atom stereocenters. The van der Waals surface area contributed by atoms with Crippen LogP contribution >= 0.6 is 0 Å². The van der Waals surface area contributed by atoms with Crippen molar-refractivity contribution in [2.45, 2.75) is 38.3 Å². The van der Waals surface area contributed by atoms with Crippen molar-refractivity contribution in [3.05, 3.63) is 35.1 Å². The van der Waals surface area contributed by atoms with Gasteiger partial charge in [0.1, 0.15) is 5.82 Å². The van der Waals surface area contributed by atoms with Gasteiger partial charge in [0, 0.05) is 25.7 Å². The van der Waals surface area contributed by atoms with Gasteiger partial charge in [-0.1, -0.05) is 6.42 Å². The van der Waals surface area contributed by atoms with Crippen molar-refractivity contribution in [3.63, 3.8) is 0 Å². The fourth-order valence-electron chi connectivity index (χ4n) is 2.44. The zero-order valence-electron chi connectivity index (χ0n) is 11.0. The molecular formula is C15H19FN2O. The minimum absolute atomic E-state index is 0.164. The summed E-state index contributed by atoms with van der Waals surface area (Å²) in [6.45, 7) is 1.55. The third-order valence-corrected chi connectivity index (χ3v) is 3.76. The van der Waals surface area contributed by atoms with Gasteiger partial charge in [-0.3, -0.25) is 4.90 Å². The van der Waals surface area contributed by atoms with Gasteiger partial charge in [-0.2, -0.15) is 5.26 Å². The van der Waals surface area contributed by atoms with Gasteiger partial charge >= 0.3 is 0 Å². The number of halogens is 1. The van der Waals surface area contributed by atoms with Gasteiger partial charge in [0.05, 0.1) is 11.6 Å². The van der Waals surface area contributed by atoms with E-state index in [1.165, 1.54) is 24.6 Å². The average Bonchev–Trinajstić information content (AvgIpc) is 2.34. The molecular weight excluding hydrogens is 243 g/mol. The standard InChI is InChI=1S/C15H19FN2O/c16-14-6-5-12(10-17)13(9-14)11-18(7-2-8-19)15-3-1-4-15/h5-6,9,15,19H,1-4,7-8,11H2. The van der Waals surface area contributed by atoms with Crippen LogP contribution in [0.4, 0.5) is 4.39 Å². The summed E-state index contributed by atoms with van der Waals surface area (Å²) < 4.78 is 13.3. The highest BCUT2D eigenvalue weighted by molar-refractivity contribution is 5.37. The van der Waals surface area contributed by atoms with Crippen molar-refractivity contribution < 1.29 is 9.50 Å². The van der Waals surface area contributed by atoms with Crippen molar-refractivity contribution in [1.82, 2.24) is 4.90 Å². The molecule has 0 bridgehead atoms. The summed E-state index contributed by atoms with van der Waals surface area (Å²) in [4.78, 5) is 2.26. The minimum atomic E-state index is -0.301. The van der Waals surface area contributed by atoms with Crippen LogP contribution in [-0.2, 0) is 6.54 Å². The Bertz CT molecular complexity index is 466. The van der Waals surface area contributed by atoms with E-state index >= 15 is 0 Å². The van der Waals surface area contributed by atoms with Crippen molar-refractivity contribution >= 4 is 0 Å². The van der Waals surface area contributed by atoms with Crippen LogP contribution in [0.2, 0.25) is 0 Å². The zero-order valence-corrected chi connectivity index (χ0v) is 11.0. The van der Waals surface area contributed by atoms with Crippen molar-refractivity contribution in [2.75, 3.05) is 13.2 Å². The highest BCUT2D eigenvalue weighted by Crippen LogP contribution is 2.27. The first-order valence-electron chi connectivity index (χ1n) is 6.78. The lowest BCUT2D eigenvalue weighted by Gasteiger charge is -2.37. The fourth-order valence-corrected chi connectivity index (χ4v) is 2.44. The lowest BCUT2D eigenvalue weighted by atomic mass is 9.90. The van der Waals surface area contributed by atoms with Gasteiger partial charge in [0.25, 0.3) is 0 Å². The van der Waals surface area contributed by atoms with E-state index in [9.17, 15) is 4.39 Å². The van der Waals surface area contributed by atoms with E-state index in [2.05, 4.69) is 11.0 Å². The maximum Gasteiger partial charge on any atom is 0.123 e. The van der Waals surface area contributed by atoms with Crippen LogP contribution in [0.25, 0.3) is 0 Å². The molecule has 0 heterocycles. The summed E-state index contributed by atoms with van der Waals surface area (Å²) in [5.74, 6) is -0.301. The van der Waals surface area contributed by atoms with Crippen molar-refractivity contribution in [2.24, 2.45) is 0 Å². The quantitative estimate of drug-likeness (QED) is 0.856. The van der Waals surface area contributed by atoms with E-state index in [0.717, 1.165) is 24.9 Å². The number of benzene rings is 1. The maximum atomic E-state index is 13.3. The predicted molar refractivity (Wildman–Crippen MR) is 70.9 cm³/mol. The van der Waals surface area contributed by atoms with Crippen LogP contribution in [0.15, 0.2) is 18.2 Å². The number of hydrogen-bond donors (Lipinski definition) is 1. The molecule has 0 spiro atoms. The summed E-state index contributed by atoms with van der Waals surface area (Å²) in [6, 6.07) is 6.94. The highest BCUT2D eigenvalue weighted by Gasteiger charge is 2.25.